The van der Waals surface area contributed by atoms with Crippen LogP contribution in [0.1, 0.15) is 33.1 Å². The molecule has 1 amide bonds. The summed E-state index contributed by atoms with van der Waals surface area (Å²) < 4.78 is 0. The van der Waals surface area contributed by atoms with Crippen molar-refractivity contribution in [2.45, 2.75) is 39.2 Å². The molecule has 1 aliphatic carbocycles. The van der Waals surface area contributed by atoms with Crippen molar-refractivity contribution in [1.82, 2.24) is 4.90 Å². The lowest BCUT2D eigenvalue weighted by Crippen LogP contribution is -2.43. The van der Waals surface area contributed by atoms with Crippen molar-refractivity contribution in [3.63, 3.8) is 0 Å². The van der Waals surface area contributed by atoms with Gasteiger partial charge in [0.05, 0.1) is 0 Å². The van der Waals surface area contributed by atoms with Crippen LogP contribution in [0, 0.1) is 5.92 Å². The molecule has 0 radical (unpaired) electrons. The van der Waals surface area contributed by atoms with Crippen molar-refractivity contribution in [2.24, 2.45) is 5.92 Å². The summed E-state index contributed by atoms with van der Waals surface area (Å²) in [5, 5.41) is 0.879. The Kier molecular flexibility index (Phi) is 4.23. The lowest BCUT2D eigenvalue weighted by Gasteiger charge is -2.33. The second-order valence-corrected chi connectivity index (χ2v) is 4.74. The molecule has 0 unspecified atom stereocenters. The third kappa shape index (κ3) is 2.70. The zero-order valence-electron chi connectivity index (χ0n) is 8.42. The van der Waals surface area contributed by atoms with Crippen LogP contribution in [0.2, 0.25) is 0 Å². The van der Waals surface area contributed by atoms with Gasteiger partial charge in [-0.05, 0) is 26.7 Å². The Morgan fingerprint density at radius 3 is 2.46 bits per heavy atom. The van der Waals surface area contributed by atoms with E-state index in [2.05, 4.69) is 29.8 Å². The molecule has 0 aromatic carbocycles. The zero-order chi connectivity index (χ0) is 9.84. The molecule has 3 heteroatoms. The van der Waals surface area contributed by atoms with E-state index in [-0.39, 0.29) is 0 Å². The Morgan fingerprint density at radius 2 is 2.15 bits per heavy atom. The van der Waals surface area contributed by atoms with Crippen LogP contribution < -0.4 is 0 Å². The van der Waals surface area contributed by atoms with E-state index in [1.807, 2.05) is 4.90 Å². The van der Waals surface area contributed by atoms with Crippen LogP contribution in [0.15, 0.2) is 0 Å². The first-order valence-corrected chi connectivity index (χ1v) is 6.15. The van der Waals surface area contributed by atoms with Crippen LogP contribution in [-0.2, 0) is 4.79 Å². The smallest absolute Gasteiger partial charge is 0.225 e. The number of nitrogens with zero attached hydrogens (tertiary/aromatic N) is 1. The van der Waals surface area contributed by atoms with Gasteiger partial charge in [-0.1, -0.05) is 22.4 Å². The normalized spacial score (nSPS) is 17.2. The summed E-state index contributed by atoms with van der Waals surface area (Å²) in [6, 6.07) is 0.339. The van der Waals surface area contributed by atoms with Crippen LogP contribution in [0.5, 0.6) is 0 Å². The summed E-state index contributed by atoms with van der Waals surface area (Å²) in [6.45, 7) is 5.01. The quantitative estimate of drug-likeness (QED) is 0.699. The highest BCUT2D eigenvalue weighted by Crippen LogP contribution is 2.28. The van der Waals surface area contributed by atoms with Gasteiger partial charge in [0.2, 0.25) is 5.91 Å². The minimum atomic E-state index is 0.335. The molecule has 2 nitrogen and oxygen atoms in total. The fraction of sp³-hybridized carbons (Fsp3) is 0.900. The van der Waals surface area contributed by atoms with Gasteiger partial charge in [0.1, 0.15) is 0 Å². The molecule has 1 rings (SSSR count). The van der Waals surface area contributed by atoms with E-state index >= 15 is 0 Å². The van der Waals surface area contributed by atoms with Gasteiger partial charge in [0.15, 0.2) is 0 Å². The van der Waals surface area contributed by atoms with Crippen LogP contribution in [0.4, 0.5) is 0 Å². The van der Waals surface area contributed by atoms with Crippen LogP contribution in [0.25, 0.3) is 0 Å². The summed E-state index contributed by atoms with van der Waals surface area (Å²) in [7, 11) is 0. The molecule has 1 aliphatic rings. The molecule has 0 heterocycles. The monoisotopic (exact) mass is 247 g/mol. The van der Waals surface area contributed by atoms with E-state index < -0.39 is 0 Å². The number of hydrogen-bond acceptors (Lipinski definition) is 1. The molecular formula is C10H18BrNO. The number of amides is 1. The van der Waals surface area contributed by atoms with Gasteiger partial charge < -0.3 is 4.90 Å². The van der Waals surface area contributed by atoms with E-state index in [1.165, 1.54) is 6.42 Å². The average molecular weight is 248 g/mol. The van der Waals surface area contributed by atoms with Gasteiger partial charge >= 0.3 is 0 Å². The van der Waals surface area contributed by atoms with E-state index in [1.54, 1.807) is 0 Å². The van der Waals surface area contributed by atoms with E-state index in [4.69, 9.17) is 0 Å². The molecule has 0 aromatic rings. The SMILES string of the molecule is CC(C)N(CCBr)C(=O)C1CCC1. The summed E-state index contributed by atoms with van der Waals surface area (Å²) in [5.41, 5.74) is 0. The highest BCUT2D eigenvalue weighted by atomic mass is 79.9. The topological polar surface area (TPSA) is 20.3 Å². The van der Waals surface area contributed by atoms with E-state index in [0.717, 1.165) is 24.7 Å². The first-order valence-electron chi connectivity index (χ1n) is 5.03. The fourth-order valence-electron chi connectivity index (χ4n) is 1.60. The van der Waals surface area contributed by atoms with Gasteiger partial charge in [-0.15, -0.1) is 0 Å². The molecule has 0 N–H and O–H groups in total. The summed E-state index contributed by atoms with van der Waals surface area (Å²) in [4.78, 5) is 13.8. The molecule has 1 saturated carbocycles. The first kappa shape index (κ1) is 11.0. The fourth-order valence-corrected chi connectivity index (χ4v) is 1.99. The van der Waals surface area contributed by atoms with E-state index in [0.29, 0.717) is 17.9 Å². The molecule has 0 aromatic heterocycles. The molecule has 1 fully saturated rings. The van der Waals surface area contributed by atoms with Gasteiger partial charge in [-0.2, -0.15) is 0 Å². The maximum atomic E-state index is 11.9. The highest BCUT2D eigenvalue weighted by molar-refractivity contribution is 9.09. The maximum Gasteiger partial charge on any atom is 0.225 e. The number of carbonyl (C=O) groups excluding carboxylic acids is 1. The molecule has 0 aliphatic heterocycles. The summed E-state index contributed by atoms with van der Waals surface area (Å²) in [5.74, 6) is 0.696. The van der Waals surface area contributed by atoms with Gasteiger partial charge in [0.25, 0.3) is 0 Å². The van der Waals surface area contributed by atoms with Crippen LogP contribution >= 0.6 is 15.9 Å². The third-order valence-corrected chi connectivity index (χ3v) is 3.04. The first-order chi connectivity index (χ1) is 6.16. The van der Waals surface area contributed by atoms with E-state index in [9.17, 15) is 4.79 Å². The number of alkyl halides is 1. The van der Waals surface area contributed by atoms with Crippen molar-refractivity contribution in [3.05, 3.63) is 0 Å². The lowest BCUT2D eigenvalue weighted by molar-refractivity contribution is -0.139. The zero-order valence-corrected chi connectivity index (χ0v) is 10.0. The van der Waals surface area contributed by atoms with Crippen LogP contribution in [-0.4, -0.2) is 28.7 Å². The highest BCUT2D eigenvalue weighted by Gasteiger charge is 2.29. The molecule has 0 bridgehead atoms. The largest absolute Gasteiger partial charge is 0.339 e. The molecule has 0 atom stereocenters. The van der Waals surface area contributed by atoms with Crippen molar-refractivity contribution in [1.29, 1.82) is 0 Å². The Labute approximate surface area is 88.8 Å². The third-order valence-electron chi connectivity index (χ3n) is 2.69. The second-order valence-electron chi connectivity index (χ2n) is 3.94. The minimum Gasteiger partial charge on any atom is -0.339 e. The second kappa shape index (κ2) is 4.99. The molecular weight excluding hydrogens is 230 g/mol. The minimum absolute atomic E-state index is 0.335. The number of carbonyl (C=O) groups is 1. The number of rotatable bonds is 4. The Balaban J connectivity index is 2.47. The Bertz CT molecular complexity index is 178. The molecule has 0 saturated heterocycles. The van der Waals surface area contributed by atoms with Crippen LogP contribution in [0.3, 0.4) is 0 Å². The van der Waals surface area contributed by atoms with Crippen molar-refractivity contribution >= 4 is 21.8 Å². The average Bonchev–Trinajstić information content (AvgIpc) is 1.95. The molecule has 76 valence electrons. The van der Waals surface area contributed by atoms with Gasteiger partial charge in [0, 0.05) is 23.8 Å². The maximum absolute atomic E-state index is 11.9. The molecule has 13 heavy (non-hydrogen) atoms. The lowest BCUT2D eigenvalue weighted by atomic mass is 9.84. The predicted molar refractivity (Wildman–Crippen MR) is 58.0 cm³/mol. The Hall–Kier alpha value is -0.0500. The van der Waals surface area contributed by atoms with Crippen molar-refractivity contribution in [3.8, 4) is 0 Å². The Morgan fingerprint density at radius 1 is 1.54 bits per heavy atom. The van der Waals surface area contributed by atoms with Gasteiger partial charge in [-0.3, -0.25) is 4.79 Å². The summed E-state index contributed by atoms with van der Waals surface area (Å²) >= 11 is 3.38. The number of halogens is 1. The molecule has 0 spiro atoms. The standard InChI is InChI=1S/C10H18BrNO/c1-8(2)12(7-6-11)10(13)9-4-3-5-9/h8-9H,3-7H2,1-2H3. The van der Waals surface area contributed by atoms with Crippen molar-refractivity contribution < 1.29 is 4.79 Å². The predicted octanol–water partition coefficient (Wildman–Crippen LogP) is 2.42. The number of hydrogen-bond donors (Lipinski definition) is 0. The van der Waals surface area contributed by atoms with Crippen molar-refractivity contribution in [2.75, 3.05) is 11.9 Å². The summed E-state index contributed by atoms with van der Waals surface area (Å²) in [6.07, 6.45) is 3.44. The van der Waals surface area contributed by atoms with Gasteiger partial charge in [-0.25, -0.2) is 0 Å².